The van der Waals surface area contributed by atoms with E-state index in [0.717, 1.165) is 41.0 Å². The number of aromatic nitrogens is 2. The summed E-state index contributed by atoms with van der Waals surface area (Å²) in [6.45, 7) is 1.17. The molecule has 146 valence electrons. The Labute approximate surface area is 168 Å². The van der Waals surface area contributed by atoms with Crippen molar-refractivity contribution in [2.75, 3.05) is 11.9 Å². The van der Waals surface area contributed by atoms with Crippen LogP contribution in [0.25, 0.3) is 0 Å². The predicted octanol–water partition coefficient (Wildman–Crippen LogP) is 3.01. The Bertz CT molecular complexity index is 1070. The maximum Gasteiger partial charge on any atom is 0.231 e. The highest BCUT2D eigenvalue weighted by atomic mass is 16.2. The maximum absolute atomic E-state index is 13.4. The lowest BCUT2D eigenvalue weighted by Gasteiger charge is -2.33. The molecule has 2 N–H and O–H groups in total. The summed E-state index contributed by atoms with van der Waals surface area (Å²) in [7, 11) is 0. The van der Waals surface area contributed by atoms with E-state index in [1.807, 2.05) is 47.4 Å². The van der Waals surface area contributed by atoms with Crippen LogP contribution in [0.5, 0.6) is 0 Å². The second kappa shape index (κ2) is 7.20. The molecule has 1 aromatic heterocycles. The second-order valence-corrected chi connectivity index (χ2v) is 7.69. The number of rotatable bonds is 3. The minimum Gasteiger partial charge on any atom is -0.337 e. The quantitative estimate of drug-likeness (QED) is 0.726. The Morgan fingerprint density at radius 3 is 2.76 bits per heavy atom. The summed E-state index contributed by atoms with van der Waals surface area (Å²) in [5.41, 5.74) is 6.06. The first-order valence-electron chi connectivity index (χ1n) is 9.95. The Morgan fingerprint density at radius 1 is 1.10 bits per heavy atom. The minimum absolute atomic E-state index is 0.0183. The van der Waals surface area contributed by atoms with Crippen LogP contribution >= 0.6 is 0 Å². The van der Waals surface area contributed by atoms with Crippen LogP contribution in [-0.4, -0.2) is 33.5 Å². The Morgan fingerprint density at radius 2 is 1.90 bits per heavy atom. The highest BCUT2D eigenvalue weighted by molar-refractivity contribution is 6.01. The van der Waals surface area contributed by atoms with Gasteiger partial charge in [0.1, 0.15) is 0 Å². The number of nitrogens with zero attached hydrogens (tertiary/aromatic N) is 2. The zero-order chi connectivity index (χ0) is 19.8. The molecule has 0 saturated carbocycles. The number of nitrogens with one attached hydrogen (secondary N) is 2. The first-order chi connectivity index (χ1) is 14.2. The molecule has 2 aromatic carbocycles. The molecule has 2 amide bonds. The van der Waals surface area contributed by atoms with Gasteiger partial charge in [0.05, 0.1) is 11.6 Å². The summed E-state index contributed by atoms with van der Waals surface area (Å²) < 4.78 is 0. The fourth-order valence-electron chi connectivity index (χ4n) is 4.33. The van der Waals surface area contributed by atoms with E-state index in [2.05, 4.69) is 27.6 Å². The standard InChI is InChI=1S/C23H22N4O2/c28-22-13-17(16-8-4-5-9-19(16)24-22)23(29)27-11-10-20-18(14-27)21(26-25-20)12-15-6-2-1-3-7-15/h1-9,17H,10-14H2,(H,24,28)(H,25,26). The third kappa shape index (κ3) is 3.31. The molecule has 0 fully saturated rings. The number of para-hydroxylation sites is 1. The Balaban J connectivity index is 1.39. The second-order valence-electron chi connectivity index (χ2n) is 7.69. The highest BCUT2D eigenvalue weighted by Crippen LogP contribution is 2.34. The van der Waals surface area contributed by atoms with Crippen molar-refractivity contribution < 1.29 is 9.59 Å². The molecule has 0 radical (unpaired) electrons. The third-order valence-corrected chi connectivity index (χ3v) is 5.84. The van der Waals surface area contributed by atoms with Gasteiger partial charge in [0, 0.05) is 49.3 Å². The zero-order valence-corrected chi connectivity index (χ0v) is 16.0. The van der Waals surface area contributed by atoms with Gasteiger partial charge in [-0.3, -0.25) is 14.7 Å². The number of carbonyl (C=O) groups excluding carboxylic acids is 2. The Kier molecular flexibility index (Phi) is 4.39. The van der Waals surface area contributed by atoms with Crippen molar-refractivity contribution in [2.24, 2.45) is 0 Å². The van der Waals surface area contributed by atoms with Gasteiger partial charge in [0.25, 0.3) is 0 Å². The van der Waals surface area contributed by atoms with Crippen molar-refractivity contribution in [1.82, 2.24) is 15.1 Å². The van der Waals surface area contributed by atoms with Gasteiger partial charge in [-0.25, -0.2) is 0 Å². The Hall–Kier alpha value is -3.41. The van der Waals surface area contributed by atoms with Gasteiger partial charge in [-0.15, -0.1) is 0 Å². The lowest BCUT2D eigenvalue weighted by Crippen LogP contribution is -2.41. The molecule has 6 nitrogen and oxygen atoms in total. The van der Waals surface area contributed by atoms with Crippen LogP contribution in [0.4, 0.5) is 5.69 Å². The van der Waals surface area contributed by atoms with E-state index in [0.29, 0.717) is 13.1 Å². The molecule has 29 heavy (non-hydrogen) atoms. The molecule has 2 aliphatic heterocycles. The van der Waals surface area contributed by atoms with Crippen LogP contribution in [0.1, 0.15) is 40.4 Å². The predicted molar refractivity (Wildman–Crippen MR) is 109 cm³/mol. The van der Waals surface area contributed by atoms with Crippen molar-refractivity contribution in [3.8, 4) is 0 Å². The van der Waals surface area contributed by atoms with Crippen LogP contribution in [0, 0.1) is 0 Å². The molecule has 1 unspecified atom stereocenters. The van der Waals surface area contributed by atoms with E-state index in [1.165, 1.54) is 5.56 Å². The number of H-pyrrole nitrogens is 1. The van der Waals surface area contributed by atoms with E-state index in [9.17, 15) is 9.59 Å². The van der Waals surface area contributed by atoms with Crippen molar-refractivity contribution in [1.29, 1.82) is 0 Å². The van der Waals surface area contributed by atoms with E-state index in [1.54, 1.807) is 0 Å². The lowest BCUT2D eigenvalue weighted by molar-refractivity contribution is -0.135. The van der Waals surface area contributed by atoms with Gasteiger partial charge in [-0.1, -0.05) is 48.5 Å². The van der Waals surface area contributed by atoms with E-state index in [-0.39, 0.29) is 18.2 Å². The van der Waals surface area contributed by atoms with Crippen LogP contribution in [0.2, 0.25) is 0 Å². The van der Waals surface area contributed by atoms with Crippen molar-refractivity contribution in [2.45, 2.75) is 31.7 Å². The molecule has 6 heteroatoms. The molecule has 2 aliphatic rings. The molecule has 0 spiro atoms. The van der Waals surface area contributed by atoms with Crippen LogP contribution in [-0.2, 0) is 29.0 Å². The topological polar surface area (TPSA) is 78.1 Å². The van der Waals surface area contributed by atoms with Crippen LogP contribution in [0.15, 0.2) is 54.6 Å². The molecule has 3 heterocycles. The monoisotopic (exact) mass is 386 g/mol. The van der Waals surface area contributed by atoms with Gasteiger partial charge in [0.15, 0.2) is 0 Å². The van der Waals surface area contributed by atoms with Crippen LogP contribution in [0.3, 0.4) is 0 Å². The summed E-state index contributed by atoms with van der Waals surface area (Å²) in [5.74, 6) is -0.511. The number of anilines is 1. The average molecular weight is 386 g/mol. The number of aromatic amines is 1. The molecule has 0 saturated heterocycles. The molecule has 1 atom stereocenters. The van der Waals surface area contributed by atoms with E-state index >= 15 is 0 Å². The van der Waals surface area contributed by atoms with Crippen LogP contribution < -0.4 is 5.32 Å². The van der Waals surface area contributed by atoms with Crippen molar-refractivity contribution in [3.63, 3.8) is 0 Å². The van der Waals surface area contributed by atoms with Crippen molar-refractivity contribution >= 4 is 17.5 Å². The first kappa shape index (κ1) is 17.7. The smallest absolute Gasteiger partial charge is 0.231 e. The molecule has 5 rings (SSSR count). The summed E-state index contributed by atoms with van der Waals surface area (Å²) in [5, 5.41) is 10.5. The largest absolute Gasteiger partial charge is 0.337 e. The van der Waals surface area contributed by atoms with Crippen molar-refractivity contribution in [3.05, 3.63) is 82.7 Å². The van der Waals surface area contributed by atoms with E-state index < -0.39 is 5.92 Å². The summed E-state index contributed by atoms with van der Waals surface area (Å²) in [6, 6.07) is 17.8. The number of carbonyl (C=O) groups is 2. The number of benzene rings is 2. The first-order valence-corrected chi connectivity index (χ1v) is 9.95. The molecular weight excluding hydrogens is 364 g/mol. The molecule has 0 aliphatic carbocycles. The SMILES string of the molecule is O=C1CC(C(=O)N2CCc3[nH]nc(Cc4ccccc4)c3C2)c2ccccc2N1. The number of amides is 2. The van der Waals surface area contributed by atoms with E-state index in [4.69, 9.17) is 0 Å². The van der Waals surface area contributed by atoms with Gasteiger partial charge >= 0.3 is 0 Å². The van der Waals surface area contributed by atoms with Gasteiger partial charge < -0.3 is 10.2 Å². The maximum atomic E-state index is 13.4. The number of hydrogen-bond acceptors (Lipinski definition) is 3. The molecule has 0 bridgehead atoms. The molecular formula is C23H22N4O2. The lowest BCUT2D eigenvalue weighted by atomic mass is 9.88. The normalized spacial score (nSPS) is 18.0. The summed E-state index contributed by atoms with van der Waals surface area (Å²) in [4.78, 5) is 27.4. The minimum atomic E-state index is -0.425. The molecule has 3 aromatic rings. The number of hydrogen-bond donors (Lipinski definition) is 2. The summed E-state index contributed by atoms with van der Waals surface area (Å²) >= 11 is 0. The summed E-state index contributed by atoms with van der Waals surface area (Å²) in [6.07, 6.45) is 1.69. The van der Waals surface area contributed by atoms with Gasteiger partial charge in [-0.05, 0) is 17.2 Å². The number of fused-ring (bicyclic) bond motifs is 2. The van der Waals surface area contributed by atoms with Gasteiger partial charge in [-0.2, -0.15) is 5.10 Å². The fourth-order valence-corrected chi connectivity index (χ4v) is 4.33. The average Bonchev–Trinajstić information content (AvgIpc) is 3.15. The zero-order valence-electron chi connectivity index (χ0n) is 16.0. The highest BCUT2D eigenvalue weighted by Gasteiger charge is 2.35. The fraction of sp³-hybridized carbons (Fsp3) is 0.261. The van der Waals surface area contributed by atoms with Gasteiger partial charge in [0.2, 0.25) is 11.8 Å². The third-order valence-electron chi connectivity index (χ3n) is 5.84.